The topological polar surface area (TPSA) is 92.1 Å². The van der Waals surface area contributed by atoms with Gasteiger partial charge in [0.2, 0.25) is 11.9 Å². The van der Waals surface area contributed by atoms with E-state index in [9.17, 15) is 9.59 Å². The van der Waals surface area contributed by atoms with Crippen LogP contribution in [0.25, 0.3) is 5.65 Å². The van der Waals surface area contributed by atoms with Crippen molar-refractivity contribution in [1.29, 1.82) is 0 Å². The smallest absolute Gasteiger partial charge is 0.410 e. The molecule has 3 heterocycles. The Labute approximate surface area is 176 Å². The van der Waals surface area contributed by atoms with Crippen LogP contribution in [0.4, 0.5) is 16.6 Å². The Morgan fingerprint density at radius 3 is 2.50 bits per heavy atom. The largest absolute Gasteiger partial charge is 0.444 e. The van der Waals surface area contributed by atoms with E-state index in [1.54, 1.807) is 16.5 Å². The molecule has 0 unspecified atom stereocenters. The van der Waals surface area contributed by atoms with Crippen LogP contribution in [0.15, 0.2) is 18.2 Å². The molecule has 1 aliphatic heterocycles. The van der Waals surface area contributed by atoms with E-state index in [1.807, 2.05) is 39.0 Å². The number of nitrogens with zero attached hydrogens (tertiary/aromatic N) is 5. The monoisotopic (exact) mass is 414 g/mol. The summed E-state index contributed by atoms with van der Waals surface area (Å²) >= 11 is 0. The van der Waals surface area contributed by atoms with Crippen LogP contribution >= 0.6 is 0 Å². The molecule has 9 nitrogen and oxygen atoms in total. The average Bonchev–Trinajstić information content (AvgIpc) is 3.46. The predicted octanol–water partition coefficient (Wildman–Crippen LogP) is 2.91. The zero-order valence-electron chi connectivity index (χ0n) is 18.1. The number of fused-ring (bicyclic) bond motifs is 1. The normalized spacial score (nSPS) is 17.8. The minimum Gasteiger partial charge on any atom is -0.444 e. The molecule has 0 atom stereocenters. The number of amides is 2. The van der Waals surface area contributed by atoms with E-state index in [0.717, 1.165) is 44.6 Å². The van der Waals surface area contributed by atoms with Crippen LogP contribution in [0.2, 0.25) is 0 Å². The van der Waals surface area contributed by atoms with E-state index in [2.05, 4.69) is 20.3 Å². The van der Waals surface area contributed by atoms with Crippen molar-refractivity contribution < 1.29 is 14.3 Å². The second-order valence-electron chi connectivity index (χ2n) is 9.16. The van der Waals surface area contributed by atoms with Crippen molar-refractivity contribution >= 4 is 29.4 Å². The molecule has 4 rings (SSSR count). The lowest BCUT2D eigenvalue weighted by Gasteiger charge is -2.38. The number of aromatic nitrogens is 3. The Balaban J connectivity index is 1.42. The predicted molar refractivity (Wildman–Crippen MR) is 114 cm³/mol. The summed E-state index contributed by atoms with van der Waals surface area (Å²) in [5.74, 6) is 1.39. The van der Waals surface area contributed by atoms with Crippen LogP contribution in [-0.2, 0) is 9.53 Å². The molecular weight excluding hydrogens is 384 g/mol. The lowest BCUT2D eigenvalue weighted by molar-refractivity contribution is -0.117. The van der Waals surface area contributed by atoms with Gasteiger partial charge in [0.05, 0.1) is 0 Å². The lowest BCUT2D eigenvalue weighted by Crippen LogP contribution is -2.47. The van der Waals surface area contributed by atoms with Gasteiger partial charge in [0.15, 0.2) is 5.65 Å². The highest BCUT2D eigenvalue weighted by atomic mass is 16.6. The maximum absolute atomic E-state index is 12.4. The number of piperidine rings is 1. The Hall–Kier alpha value is -2.84. The van der Waals surface area contributed by atoms with E-state index in [-0.39, 0.29) is 24.0 Å². The van der Waals surface area contributed by atoms with E-state index in [0.29, 0.717) is 11.6 Å². The SMILES string of the molecule is CN(C(=O)OC(C)(C)C)C1CCN(c2cccc3nc(NC(=O)C4CC4)nn23)CC1. The number of hydrogen-bond acceptors (Lipinski definition) is 6. The van der Waals surface area contributed by atoms with Crippen molar-refractivity contribution in [3.63, 3.8) is 0 Å². The minimum absolute atomic E-state index is 0.00143. The number of nitrogens with one attached hydrogen (secondary N) is 1. The molecule has 0 radical (unpaired) electrons. The van der Waals surface area contributed by atoms with E-state index in [1.165, 1.54) is 0 Å². The maximum Gasteiger partial charge on any atom is 0.410 e. The summed E-state index contributed by atoms with van der Waals surface area (Å²) < 4.78 is 7.27. The van der Waals surface area contributed by atoms with Crippen molar-refractivity contribution in [1.82, 2.24) is 19.5 Å². The summed E-state index contributed by atoms with van der Waals surface area (Å²) in [5.41, 5.74) is 0.202. The molecule has 2 aromatic heterocycles. The van der Waals surface area contributed by atoms with Crippen molar-refractivity contribution in [2.24, 2.45) is 5.92 Å². The summed E-state index contributed by atoms with van der Waals surface area (Å²) in [4.78, 5) is 32.8. The molecule has 1 saturated heterocycles. The van der Waals surface area contributed by atoms with Gasteiger partial charge in [-0.15, -0.1) is 5.10 Å². The van der Waals surface area contributed by atoms with Gasteiger partial charge in [0, 0.05) is 32.1 Å². The first-order chi connectivity index (χ1) is 14.2. The highest BCUT2D eigenvalue weighted by Gasteiger charge is 2.31. The van der Waals surface area contributed by atoms with Gasteiger partial charge in [0.25, 0.3) is 0 Å². The molecule has 0 aromatic carbocycles. The van der Waals surface area contributed by atoms with Gasteiger partial charge in [-0.1, -0.05) is 6.07 Å². The van der Waals surface area contributed by atoms with Crippen LogP contribution in [0.3, 0.4) is 0 Å². The summed E-state index contributed by atoms with van der Waals surface area (Å²) in [6.45, 7) is 7.21. The van der Waals surface area contributed by atoms with Gasteiger partial charge in [-0.2, -0.15) is 9.50 Å². The number of pyridine rings is 1. The third kappa shape index (κ3) is 4.49. The molecule has 2 aliphatic rings. The molecule has 9 heteroatoms. The maximum atomic E-state index is 12.4. The van der Waals surface area contributed by atoms with Crippen molar-refractivity contribution in [3.05, 3.63) is 18.2 Å². The molecule has 30 heavy (non-hydrogen) atoms. The summed E-state index contributed by atoms with van der Waals surface area (Å²) in [5, 5.41) is 7.33. The third-order valence-electron chi connectivity index (χ3n) is 5.54. The molecule has 2 amide bonds. The van der Waals surface area contributed by atoms with E-state index >= 15 is 0 Å². The zero-order valence-corrected chi connectivity index (χ0v) is 18.1. The van der Waals surface area contributed by atoms with Gasteiger partial charge in [-0.25, -0.2) is 4.79 Å². The third-order valence-corrected chi connectivity index (χ3v) is 5.54. The van der Waals surface area contributed by atoms with Crippen LogP contribution < -0.4 is 10.2 Å². The number of carbonyl (C=O) groups excluding carboxylic acids is 2. The first-order valence-electron chi connectivity index (χ1n) is 10.6. The number of hydrogen-bond donors (Lipinski definition) is 1. The second-order valence-corrected chi connectivity index (χ2v) is 9.16. The number of ether oxygens (including phenoxy) is 1. The van der Waals surface area contributed by atoms with Crippen LogP contribution in [-0.4, -0.2) is 63.3 Å². The lowest BCUT2D eigenvalue weighted by atomic mass is 10.0. The average molecular weight is 415 g/mol. The Bertz CT molecular complexity index is 938. The van der Waals surface area contributed by atoms with Gasteiger partial charge < -0.3 is 14.5 Å². The van der Waals surface area contributed by atoms with Crippen molar-refractivity contribution in [3.8, 4) is 0 Å². The molecule has 162 valence electrons. The summed E-state index contributed by atoms with van der Waals surface area (Å²) in [6.07, 6.45) is 3.28. The number of anilines is 2. The minimum atomic E-state index is -0.499. The summed E-state index contributed by atoms with van der Waals surface area (Å²) in [7, 11) is 1.81. The standard InChI is InChI=1S/C21H30N6O3/c1-21(2,3)30-20(29)25(4)15-10-12-26(13-11-15)17-7-5-6-16-22-19(24-27(16)17)23-18(28)14-8-9-14/h5-7,14-15H,8-13H2,1-4H3,(H,23,24,28). The molecule has 1 aliphatic carbocycles. The Kier molecular flexibility index (Phi) is 5.29. The number of rotatable bonds is 4. The van der Waals surface area contributed by atoms with Gasteiger partial charge in [0.1, 0.15) is 11.4 Å². The van der Waals surface area contributed by atoms with Gasteiger partial charge in [-0.3, -0.25) is 10.1 Å². The van der Waals surface area contributed by atoms with Gasteiger partial charge in [-0.05, 0) is 58.6 Å². The highest BCUT2D eigenvalue weighted by molar-refractivity contribution is 5.92. The van der Waals surface area contributed by atoms with Crippen LogP contribution in [0, 0.1) is 5.92 Å². The highest BCUT2D eigenvalue weighted by Crippen LogP contribution is 2.30. The van der Waals surface area contributed by atoms with Crippen LogP contribution in [0.1, 0.15) is 46.5 Å². The fraction of sp³-hybridized carbons (Fsp3) is 0.619. The Morgan fingerprint density at radius 1 is 1.17 bits per heavy atom. The molecular formula is C21H30N6O3. The van der Waals surface area contributed by atoms with Crippen molar-refractivity contribution in [2.75, 3.05) is 30.4 Å². The first kappa shape index (κ1) is 20.4. The molecule has 2 fully saturated rings. The fourth-order valence-corrected chi connectivity index (χ4v) is 3.71. The van der Waals surface area contributed by atoms with Crippen LogP contribution in [0.5, 0.6) is 0 Å². The fourth-order valence-electron chi connectivity index (χ4n) is 3.71. The van der Waals surface area contributed by atoms with Crippen molar-refractivity contribution in [2.45, 2.75) is 58.1 Å². The second kappa shape index (κ2) is 7.77. The molecule has 0 spiro atoms. The summed E-state index contributed by atoms with van der Waals surface area (Å²) in [6, 6.07) is 5.97. The quantitative estimate of drug-likeness (QED) is 0.827. The Morgan fingerprint density at radius 2 is 1.87 bits per heavy atom. The number of carbonyl (C=O) groups is 2. The molecule has 0 bridgehead atoms. The molecule has 1 saturated carbocycles. The van der Waals surface area contributed by atoms with E-state index < -0.39 is 5.60 Å². The first-order valence-corrected chi connectivity index (χ1v) is 10.6. The zero-order chi connectivity index (χ0) is 21.5. The molecule has 2 aromatic rings. The van der Waals surface area contributed by atoms with Gasteiger partial charge >= 0.3 is 6.09 Å². The molecule has 1 N–H and O–H groups in total. The van der Waals surface area contributed by atoms with E-state index in [4.69, 9.17) is 4.74 Å².